The minimum atomic E-state index is -0.641. The Morgan fingerprint density at radius 3 is 2.81 bits per heavy atom. The molecule has 0 aromatic carbocycles. The molecule has 1 aliphatic heterocycles. The number of hydrogen-bond donors (Lipinski definition) is 1. The number of rotatable bonds is 6. The van der Waals surface area contributed by atoms with Gasteiger partial charge < -0.3 is 14.7 Å². The maximum Gasteiger partial charge on any atom is 0.205 e. The van der Waals surface area contributed by atoms with E-state index in [4.69, 9.17) is 4.74 Å². The normalized spacial score (nSPS) is 21.0. The van der Waals surface area contributed by atoms with Gasteiger partial charge in [0.2, 0.25) is 5.13 Å². The molecule has 1 aliphatic rings. The fraction of sp³-hybridized carbons (Fsp3) is 0.857. The van der Waals surface area contributed by atoms with E-state index in [1.807, 2.05) is 13.8 Å². The Morgan fingerprint density at radius 2 is 2.19 bits per heavy atom. The summed E-state index contributed by atoms with van der Waals surface area (Å²) < 4.78 is 9.46. The lowest BCUT2D eigenvalue weighted by Crippen LogP contribution is -2.54. The van der Waals surface area contributed by atoms with Gasteiger partial charge >= 0.3 is 0 Å². The van der Waals surface area contributed by atoms with Crippen LogP contribution in [0.4, 0.5) is 5.13 Å². The Kier molecular flexibility index (Phi) is 5.54. The summed E-state index contributed by atoms with van der Waals surface area (Å²) in [7, 11) is 1.69. The van der Waals surface area contributed by atoms with Crippen LogP contribution in [0.5, 0.6) is 0 Å². The number of methoxy groups -OCH3 is 1. The number of piperazine rings is 1. The minimum Gasteiger partial charge on any atom is -0.389 e. The van der Waals surface area contributed by atoms with Gasteiger partial charge in [-0.3, -0.25) is 4.90 Å². The van der Waals surface area contributed by atoms with Crippen molar-refractivity contribution in [1.82, 2.24) is 14.3 Å². The predicted octanol–water partition coefficient (Wildman–Crippen LogP) is 1.01. The fourth-order valence-electron chi connectivity index (χ4n) is 2.66. The second-order valence-corrected chi connectivity index (χ2v) is 7.06. The van der Waals surface area contributed by atoms with Crippen molar-refractivity contribution in [2.45, 2.75) is 38.8 Å². The minimum absolute atomic E-state index is 0.379. The second kappa shape index (κ2) is 7.00. The van der Waals surface area contributed by atoms with Crippen molar-refractivity contribution < 1.29 is 9.84 Å². The smallest absolute Gasteiger partial charge is 0.205 e. The SMILES string of the molecule is COCCc1nsc(N2CCN(CC(C)(C)O)CC2C)n1. The van der Waals surface area contributed by atoms with E-state index in [0.717, 1.165) is 37.0 Å². The topological polar surface area (TPSA) is 61.7 Å². The number of ether oxygens (including phenoxy) is 1. The highest BCUT2D eigenvalue weighted by molar-refractivity contribution is 7.09. The lowest BCUT2D eigenvalue weighted by atomic mass is 10.1. The molecule has 0 spiro atoms. The molecule has 0 aliphatic carbocycles. The van der Waals surface area contributed by atoms with Gasteiger partial charge in [0, 0.05) is 57.3 Å². The van der Waals surface area contributed by atoms with Crippen molar-refractivity contribution in [1.29, 1.82) is 0 Å². The summed E-state index contributed by atoms with van der Waals surface area (Å²) in [6.45, 7) is 10.1. The first-order chi connectivity index (χ1) is 9.89. The van der Waals surface area contributed by atoms with Crippen LogP contribution in [0, 0.1) is 0 Å². The number of aromatic nitrogens is 2. The molecule has 2 rings (SSSR count). The second-order valence-electron chi connectivity index (χ2n) is 6.33. The maximum absolute atomic E-state index is 9.94. The number of nitrogens with zero attached hydrogens (tertiary/aromatic N) is 4. The van der Waals surface area contributed by atoms with Gasteiger partial charge in [-0.1, -0.05) is 0 Å². The van der Waals surface area contributed by atoms with Crippen molar-refractivity contribution >= 4 is 16.7 Å². The number of β-amino-alcohol motifs (C(OH)–C–C–N with tert-alkyl or cyclic N) is 1. The average Bonchev–Trinajstić information content (AvgIpc) is 2.83. The van der Waals surface area contributed by atoms with Crippen LogP contribution in [0.25, 0.3) is 0 Å². The standard InChI is InChI=1S/C14H26N4O2S/c1-11-9-17(10-14(2,3)19)6-7-18(11)13-15-12(16-21-13)5-8-20-4/h11,19H,5-10H2,1-4H3. The van der Waals surface area contributed by atoms with Gasteiger partial charge in [0.05, 0.1) is 12.2 Å². The zero-order valence-electron chi connectivity index (χ0n) is 13.4. The van der Waals surface area contributed by atoms with Crippen LogP contribution in [-0.4, -0.2) is 70.9 Å². The van der Waals surface area contributed by atoms with Crippen LogP contribution >= 0.6 is 11.5 Å². The first-order valence-electron chi connectivity index (χ1n) is 7.42. The Hall–Kier alpha value is -0.760. The van der Waals surface area contributed by atoms with Crippen molar-refractivity contribution in [2.24, 2.45) is 0 Å². The van der Waals surface area contributed by atoms with E-state index in [-0.39, 0.29) is 0 Å². The van der Waals surface area contributed by atoms with E-state index in [1.165, 1.54) is 11.5 Å². The molecule has 1 atom stereocenters. The molecule has 1 aromatic rings. The molecular weight excluding hydrogens is 288 g/mol. The third-order valence-corrected chi connectivity index (χ3v) is 4.35. The first kappa shape index (κ1) is 16.6. The molecule has 0 radical (unpaired) electrons. The van der Waals surface area contributed by atoms with Gasteiger partial charge in [0.15, 0.2) is 0 Å². The molecule has 7 heteroatoms. The summed E-state index contributed by atoms with van der Waals surface area (Å²) in [6, 6.07) is 0.379. The van der Waals surface area contributed by atoms with E-state index in [9.17, 15) is 5.11 Å². The number of aliphatic hydroxyl groups is 1. The zero-order valence-corrected chi connectivity index (χ0v) is 14.2. The molecule has 1 fully saturated rings. The van der Waals surface area contributed by atoms with Crippen molar-refractivity contribution in [3.05, 3.63) is 5.82 Å². The molecule has 1 unspecified atom stereocenters. The number of anilines is 1. The van der Waals surface area contributed by atoms with Crippen molar-refractivity contribution in [2.75, 3.05) is 44.8 Å². The monoisotopic (exact) mass is 314 g/mol. The van der Waals surface area contributed by atoms with Crippen molar-refractivity contribution in [3.63, 3.8) is 0 Å². The quantitative estimate of drug-likeness (QED) is 0.845. The van der Waals surface area contributed by atoms with Crippen LogP contribution in [0.2, 0.25) is 0 Å². The maximum atomic E-state index is 9.94. The molecule has 6 nitrogen and oxygen atoms in total. The van der Waals surface area contributed by atoms with E-state index >= 15 is 0 Å². The Balaban J connectivity index is 1.92. The average molecular weight is 314 g/mol. The summed E-state index contributed by atoms with van der Waals surface area (Å²) in [6.07, 6.45) is 0.764. The van der Waals surface area contributed by atoms with Gasteiger partial charge in [0.1, 0.15) is 5.82 Å². The molecule has 0 saturated carbocycles. The fourth-order valence-corrected chi connectivity index (χ4v) is 3.51. The van der Waals surface area contributed by atoms with Gasteiger partial charge in [0.25, 0.3) is 0 Å². The summed E-state index contributed by atoms with van der Waals surface area (Å²) in [5.74, 6) is 0.864. The first-order valence-corrected chi connectivity index (χ1v) is 8.19. The van der Waals surface area contributed by atoms with E-state index in [2.05, 4.69) is 26.1 Å². The van der Waals surface area contributed by atoms with Gasteiger partial charge in [-0.05, 0) is 20.8 Å². The van der Waals surface area contributed by atoms with Crippen molar-refractivity contribution in [3.8, 4) is 0 Å². The highest BCUT2D eigenvalue weighted by atomic mass is 32.1. The van der Waals surface area contributed by atoms with E-state index in [0.29, 0.717) is 19.2 Å². The van der Waals surface area contributed by atoms with Gasteiger partial charge in [-0.25, -0.2) is 4.98 Å². The molecule has 0 bridgehead atoms. The van der Waals surface area contributed by atoms with Crippen LogP contribution in [0.1, 0.15) is 26.6 Å². The summed E-state index contributed by atoms with van der Waals surface area (Å²) in [5, 5.41) is 10.9. The molecule has 120 valence electrons. The molecule has 21 heavy (non-hydrogen) atoms. The van der Waals surface area contributed by atoms with Crippen LogP contribution in [-0.2, 0) is 11.2 Å². The summed E-state index contributed by atoms with van der Waals surface area (Å²) in [4.78, 5) is 9.23. The number of hydrogen-bond acceptors (Lipinski definition) is 7. The van der Waals surface area contributed by atoms with Crippen LogP contribution < -0.4 is 4.90 Å². The van der Waals surface area contributed by atoms with E-state index in [1.54, 1.807) is 7.11 Å². The Labute approximate surface area is 130 Å². The third-order valence-electron chi connectivity index (χ3n) is 3.56. The Morgan fingerprint density at radius 1 is 1.43 bits per heavy atom. The third kappa shape index (κ3) is 4.88. The molecule has 1 saturated heterocycles. The largest absolute Gasteiger partial charge is 0.389 e. The molecule has 1 aromatic heterocycles. The van der Waals surface area contributed by atoms with E-state index < -0.39 is 5.60 Å². The van der Waals surface area contributed by atoms with Gasteiger partial charge in [-0.15, -0.1) is 0 Å². The molecule has 2 heterocycles. The van der Waals surface area contributed by atoms with Gasteiger partial charge in [-0.2, -0.15) is 4.37 Å². The zero-order chi connectivity index (χ0) is 15.5. The summed E-state index contributed by atoms with van der Waals surface area (Å²) >= 11 is 1.47. The van der Waals surface area contributed by atoms with Crippen LogP contribution in [0.3, 0.4) is 0 Å². The molecular formula is C14H26N4O2S. The highest BCUT2D eigenvalue weighted by Crippen LogP contribution is 2.23. The Bertz CT molecular complexity index is 446. The molecule has 0 amide bonds. The lowest BCUT2D eigenvalue weighted by molar-refractivity contribution is 0.0308. The highest BCUT2D eigenvalue weighted by Gasteiger charge is 2.28. The lowest BCUT2D eigenvalue weighted by Gasteiger charge is -2.41. The predicted molar refractivity (Wildman–Crippen MR) is 85.0 cm³/mol. The van der Waals surface area contributed by atoms with Crippen LogP contribution in [0.15, 0.2) is 0 Å². The molecule has 1 N–H and O–H groups in total. The summed E-state index contributed by atoms with van der Waals surface area (Å²) in [5.41, 5.74) is -0.641.